The van der Waals surface area contributed by atoms with Crippen molar-refractivity contribution in [1.29, 1.82) is 0 Å². The van der Waals surface area contributed by atoms with Gasteiger partial charge in [0.1, 0.15) is 0 Å². The first-order chi connectivity index (χ1) is 6.68. The monoisotopic (exact) mass is 210 g/mol. The number of nitrogens with zero attached hydrogens (tertiary/aromatic N) is 1. The molecular weight excluding hydrogens is 196 g/mol. The molecule has 0 aromatic heterocycles. The van der Waals surface area contributed by atoms with E-state index in [2.05, 4.69) is 17.9 Å². The maximum Gasteiger partial charge on any atom is 0.0453 e. The number of hydrogen-bond donors (Lipinski definition) is 1. The second-order valence-corrected chi connectivity index (χ2v) is 4.32. The van der Waals surface area contributed by atoms with Gasteiger partial charge in [0.15, 0.2) is 0 Å². The number of likely N-dealkylation sites (tertiary alicyclic amines) is 1. The van der Waals surface area contributed by atoms with Crippen LogP contribution in [0.5, 0.6) is 0 Å². The zero-order valence-electron chi connectivity index (χ0n) is 8.28. The summed E-state index contributed by atoms with van der Waals surface area (Å²) < 4.78 is 0. The fraction of sp³-hybridized carbons (Fsp3) is 0.455. The SMILES string of the molecule is CC(c1ccccc1Cl)N1CC(N)C1. The Labute approximate surface area is 89.7 Å². The number of benzene rings is 1. The van der Waals surface area contributed by atoms with E-state index in [1.165, 1.54) is 5.56 Å². The van der Waals surface area contributed by atoms with Crippen LogP contribution in [0.2, 0.25) is 5.02 Å². The van der Waals surface area contributed by atoms with Crippen LogP contribution in [0.4, 0.5) is 0 Å². The molecule has 1 aliphatic rings. The molecule has 1 aliphatic heterocycles. The summed E-state index contributed by atoms with van der Waals surface area (Å²) in [6.45, 7) is 4.13. The van der Waals surface area contributed by atoms with Gasteiger partial charge in [-0.1, -0.05) is 29.8 Å². The molecule has 1 unspecified atom stereocenters. The highest BCUT2D eigenvalue weighted by Gasteiger charge is 2.28. The van der Waals surface area contributed by atoms with E-state index in [0.717, 1.165) is 18.1 Å². The fourth-order valence-electron chi connectivity index (χ4n) is 1.88. The summed E-state index contributed by atoms with van der Waals surface area (Å²) >= 11 is 6.12. The lowest BCUT2D eigenvalue weighted by Crippen LogP contribution is -2.56. The molecule has 0 spiro atoms. The van der Waals surface area contributed by atoms with E-state index < -0.39 is 0 Å². The molecule has 2 nitrogen and oxygen atoms in total. The highest BCUT2D eigenvalue weighted by Crippen LogP contribution is 2.29. The van der Waals surface area contributed by atoms with Crippen molar-refractivity contribution < 1.29 is 0 Å². The maximum atomic E-state index is 6.12. The summed E-state index contributed by atoms with van der Waals surface area (Å²) in [5.74, 6) is 0. The summed E-state index contributed by atoms with van der Waals surface area (Å²) in [7, 11) is 0. The average molecular weight is 211 g/mol. The summed E-state index contributed by atoms with van der Waals surface area (Å²) in [6.07, 6.45) is 0. The molecule has 1 aromatic rings. The third kappa shape index (κ3) is 1.78. The zero-order valence-corrected chi connectivity index (χ0v) is 9.04. The summed E-state index contributed by atoms with van der Waals surface area (Å²) in [5.41, 5.74) is 6.94. The van der Waals surface area contributed by atoms with Crippen LogP contribution in [0.3, 0.4) is 0 Å². The Balaban J connectivity index is 2.11. The molecule has 1 atom stereocenters. The molecule has 0 aliphatic carbocycles. The van der Waals surface area contributed by atoms with Gasteiger partial charge in [-0.3, -0.25) is 4.90 Å². The molecule has 0 bridgehead atoms. The Hall–Kier alpha value is -0.570. The minimum atomic E-state index is 0.347. The van der Waals surface area contributed by atoms with Crippen molar-refractivity contribution in [2.24, 2.45) is 5.73 Å². The Bertz CT molecular complexity index is 321. The molecule has 1 aromatic carbocycles. The minimum absolute atomic E-state index is 0.347. The predicted octanol–water partition coefficient (Wildman–Crippen LogP) is 2.04. The van der Waals surface area contributed by atoms with Gasteiger partial charge in [0.2, 0.25) is 0 Å². The van der Waals surface area contributed by atoms with E-state index in [1.54, 1.807) is 0 Å². The van der Waals surface area contributed by atoms with Gasteiger partial charge < -0.3 is 5.73 Å². The number of halogens is 1. The molecule has 0 radical (unpaired) electrons. The lowest BCUT2D eigenvalue weighted by molar-refractivity contribution is 0.103. The molecular formula is C11H15ClN2. The third-order valence-corrected chi connectivity index (χ3v) is 3.19. The van der Waals surface area contributed by atoms with E-state index in [9.17, 15) is 0 Å². The van der Waals surface area contributed by atoms with E-state index in [0.29, 0.717) is 12.1 Å². The molecule has 0 amide bonds. The highest BCUT2D eigenvalue weighted by molar-refractivity contribution is 6.31. The van der Waals surface area contributed by atoms with Crippen LogP contribution in [0, 0.1) is 0 Å². The topological polar surface area (TPSA) is 29.3 Å². The lowest BCUT2D eigenvalue weighted by Gasteiger charge is -2.41. The van der Waals surface area contributed by atoms with Crippen molar-refractivity contribution in [3.05, 3.63) is 34.9 Å². The molecule has 3 heteroatoms. The minimum Gasteiger partial charge on any atom is -0.325 e. The van der Waals surface area contributed by atoms with Crippen molar-refractivity contribution in [2.75, 3.05) is 13.1 Å². The summed E-state index contributed by atoms with van der Waals surface area (Å²) in [5, 5.41) is 0.848. The van der Waals surface area contributed by atoms with Crippen LogP contribution >= 0.6 is 11.6 Å². The number of hydrogen-bond acceptors (Lipinski definition) is 2. The predicted molar refractivity (Wildman–Crippen MR) is 59.4 cm³/mol. The Kier molecular flexibility index (Phi) is 2.77. The maximum absolute atomic E-state index is 6.12. The quantitative estimate of drug-likeness (QED) is 0.810. The van der Waals surface area contributed by atoms with Gasteiger partial charge in [-0.25, -0.2) is 0 Å². The van der Waals surface area contributed by atoms with Crippen molar-refractivity contribution in [3.63, 3.8) is 0 Å². The Morgan fingerprint density at radius 3 is 2.64 bits per heavy atom. The van der Waals surface area contributed by atoms with Crippen LogP contribution < -0.4 is 5.73 Å². The first-order valence-corrected chi connectivity index (χ1v) is 5.30. The largest absolute Gasteiger partial charge is 0.325 e. The normalized spacial score (nSPS) is 20.5. The number of nitrogens with two attached hydrogens (primary N) is 1. The van der Waals surface area contributed by atoms with Gasteiger partial charge >= 0.3 is 0 Å². The van der Waals surface area contributed by atoms with Gasteiger partial charge in [0.05, 0.1) is 0 Å². The molecule has 2 N–H and O–H groups in total. The van der Waals surface area contributed by atoms with E-state index in [-0.39, 0.29) is 0 Å². The first kappa shape index (κ1) is 9.97. The highest BCUT2D eigenvalue weighted by atomic mass is 35.5. The van der Waals surface area contributed by atoms with Crippen LogP contribution in [-0.2, 0) is 0 Å². The average Bonchev–Trinajstić information content (AvgIpc) is 2.13. The van der Waals surface area contributed by atoms with Gasteiger partial charge in [-0.2, -0.15) is 0 Å². The first-order valence-electron chi connectivity index (χ1n) is 4.92. The second kappa shape index (κ2) is 3.89. The lowest BCUT2D eigenvalue weighted by atomic mass is 10.0. The number of rotatable bonds is 2. The van der Waals surface area contributed by atoms with Gasteiger partial charge in [-0.05, 0) is 18.6 Å². The van der Waals surface area contributed by atoms with Gasteiger partial charge in [0, 0.05) is 30.2 Å². The zero-order chi connectivity index (χ0) is 10.1. The smallest absolute Gasteiger partial charge is 0.0453 e. The van der Waals surface area contributed by atoms with E-state index in [4.69, 9.17) is 17.3 Å². The molecule has 1 saturated heterocycles. The van der Waals surface area contributed by atoms with Crippen LogP contribution in [0.15, 0.2) is 24.3 Å². The fourth-order valence-corrected chi connectivity index (χ4v) is 2.17. The molecule has 1 heterocycles. The van der Waals surface area contributed by atoms with Crippen molar-refractivity contribution >= 4 is 11.6 Å². The summed E-state index contributed by atoms with van der Waals surface area (Å²) in [4.78, 5) is 2.34. The third-order valence-electron chi connectivity index (χ3n) is 2.84. The Morgan fingerprint density at radius 1 is 1.43 bits per heavy atom. The van der Waals surface area contributed by atoms with Gasteiger partial charge in [0.25, 0.3) is 0 Å². The van der Waals surface area contributed by atoms with Crippen molar-refractivity contribution in [2.45, 2.75) is 19.0 Å². The van der Waals surface area contributed by atoms with Gasteiger partial charge in [-0.15, -0.1) is 0 Å². The van der Waals surface area contributed by atoms with E-state index in [1.807, 2.05) is 18.2 Å². The molecule has 1 fully saturated rings. The second-order valence-electron chi connectivity index (χ2n) is 3.91. The van der Waals surface area contributed by atoms with Crippen LogP contribution in [0.1, 0.15) is 18.5 Å². The molecule has 14 heavy (non-hydrogen) atoms. The van der Waals surface area contributed by atoms with Crippen molar-refractivity contribution in [1.82, 2.24) is 4.90 Å². The summed E-state index contributed by atoms with van der Waals surface area (Å²) in [6, 6.07) is 8.73. The van der Waals surface area contributed by atoms with E-state index >= 15 is 0 Å². The molecule has 2 rings (SSSR count). The van der Waals surface area contributed by atoms with Crippen LogP contribution in [-0.4, -0.2) is 24.0 Å². The van der Waals surface area contributed by atoms with Crippen LogP contribution in [0.25, 0.3) is 0 Å². The standard InChI is InChI=1S/C11H15ClN2/c1-8(14-6-9(13)7-14)10-4-2-3-5-11(10)12/h2-5,8-9H,6-7,13H2,1H3. The van der Waals surface area contributed by atoms with Crippen molar-refractivity contribution in [3.8, 4) is 0 Å². The molecule has 76 valence electrons. The molecule has 0 saturated carbocycles. The Morgan fingerprint density at radius 2 is 2.07 bits per heavy atom.